The Labute approximate surface area is 213 Å². The molecule has 10 atom stereocenters. The van der Waals surface area contributed by atoms with Gasteiger partial charge < -0.3 is 24.8 Å². The molecule has 3 N–H and O–H groups in total. The zero-order valence-corrected chi connectivity index (χ0v) is 20.0. The summed E-state index contributed by atoms with van der Waals surface area (Å²) in [7, 11) is 0. The molecule has 2 saturated carbocycles. The van der Waals surface area contributed by atoms with Gasteiger partial charge in [0.15, 0.2) is 0 Å². The van der Waals surface area contributed by atoms with Crippen LogP contribution in [0.4, 0.5) is 0 Å². The third-order valence-corrected chi connectivity index (χ3v) is 6.59. The van der Waals surface area contributed by atoms with Crippen LogP contribution in [-0.2, 0) is 23.9 Å². The molecule has 0 spiro atoms. The van der Waals surface area contributed by atoms with Crippen molar-refractivity contribution in [2.24, 2.45) is 38.2 Å². The van der Waals surface area contributed by atoms with Gasteiger partial charge in [-0.3, -0.25) is 14.4 Å². The molecule has 2 aliphatic carbocycles. The highest BCUT2D eigenvalue weighted by molar-refractivity contribution is 5.72. The summed E-state index contributed by atoms with van der Waals surface area (Å²) in [6, 6.07) is -5.29. The lowest BCUT2D eigenvalue weighted by molar-refractivity contribution is -0.188. The molecule has 20 nitrogen and oxygen atoms in total. The van der Waals surface area contributed by atoms with E-state index in [1.54, 1.807) is 0 Å². The summed E-state index contributed by atoms with van der Waals surface area (Å²) < 4.78 is 10.5. The SMILES string of the molecule is CC(=O)O[C@@H]1[C@H](O)[C@@H](N=[N+]=[N-])C[C@@H](N=[N+]=[N-])[C@@H]1C(C(=O)O)[C@@H]1[C@H](OC(C)=O)[C@H](O)[C@@H](N=[N+]=[N-])C[C@H]1N=[N+]=[N-]. The maximum absolute atomic E-state index is 12.8. The monoisotopic (exact) mass is 536 g/mol. The molecule has 0 aromatic heterocycles. The Bertz CT molecular complexity index is 1050. The average Bonchev–Trinajstić information content (AvgIpc) is 2.83. The number of nitrogens with zero attached hydrogens (tertiary/aromatic N) is 12. The highest BCUT2D eigenvalue weighted by Crippen LogP contribution is 2.46. The number of carbonyl (C=O) groups is 3. The summed E-state index contributed by atoms with van der Waals surface area (Å²) in [5.41, 5.74) is 36.1. The zero-order valence-electron chi connectivity index (χ0n) is 20.0. The summed E-state index contributed by atoms with van der Waals surface area (Å²) >= 11 is 0. The topological polar surface area (TPSA) is 325 Å². The third kappa shape index (κ3) is 6.46. The molecule has 0 unspecified atom stereocenters. The van der Waals surface area contributed by atoms with E-state index < -0.39 is 84.2 Å². The van der Waals surface area contributed by atoms with Gasteiger partial charge >= 0.3 is 17.9 Å². The maximum Gasteiger partial charge on any atom is 0.307 e. The number of esters is 2. The van der Waals surface area contributed by atoms with Gasteiger partial charge in [-0.25, -0.2) is 0 Å². The number of carboxylic acid groups (broad SMARTS) is 1. The van der Waals surface area contributed by atoms with Crippen LogP contribution in [0.1, 0.15) is 26.7 Å². The van der Waals surface area contributed by atoms with Crippen molar-refractivity contribution in [2.75, 3.05) is 0 Å². The van der Waals surface area contributed by atoms with E-state index in [1.807, 2.05) is 0 Å². The average molecular weight is 536 g/mol. The normalized spacial score (nSPS) is 34.9. The minimum atomic E-state index is -1.85. The fraction of sp³-hybridized carbons (Fsp3) is 0.833. The van der Waals surface area contributed by atoms with E-state index in [1.165, 1.54) is 0 Å². The molecule has 0 radical (unpaired) electrons. The van der Waals surface area contributed by atoms with Crippen LogP contribution in [0.5, 0.6) is 0 Å². The second-order valence-corrected chi connectivity index (χ2v) is 8.71. The first-order chi connectivity index (χ1) is 18.0. The van der Waals surface area contributed by atoms with E-state index >= 15 is 0 Å². The summed E-state index contributed by atoms with van der Waals surface area (Å²) in [6.07, 6.45) is -7.65. The van der Waals surface area contributed by atoms with Crippen molar-refractivity contribution in [3.8, 4) is 0 Å². The Balaban J connectivity index is 2.81. The van der Waals surface area contributed by atoms with E-state index in [0.717, 1.165) is 13.8 Å². The number of aliphatic hydroxyl groups is 2. The lowest BCUT2D eigenvalue weighted by Crippen LogP contribution is -2.63. The van der Waals surface area contributed by atoms with Gasteiger partial charge in [-0.1, -0.05) is 20.5 Å². The highest BCUT2D eigenvalue weighted by atomic mass is 16.6. The Morgan fingerprint density at radius 3 is 1.29 bits per heavy atom. The number of rotatable bonds is 9. The van der Waals surface area contributed by atoms with Crippen molar-refractivity contribution in [3.63, 3.8) is 0 Å². The Morgan fingerprint density at radius 2 is 1.03 bits per heavy atom. The predicted octanol–water partition coefficient (Wildman–Crippen LogP) is 2.03. The fourth-order valence-corrected chi connectivity index (χ4v) is 5.32. The number of aliphatic carboxylic acids is 1. The number of hydrogen-bond acceptors (Lipinski definition) is 11. The second kappa shape index (κ2) is 13.2. The van der Waals surface area contributed by atoms with E-state index in [2.05, 4.69) is 40.1 Å². The molecule has 38 heavy (non-hydrogen) atoms. The van der Waals surface area contributed by atoms with Gasteiger partial charge in [-0.05, 0) is 35.0 Å². The molecule has 0 aromatic rings. The van der Waals surface area contributed by atoms with Crippen molar-refractivity contribution in [1.82, 2.24) is 0 Å². The molecule has 0 aliphatic heterocycles. The summed E-state index contributed by atoms with van der Waals surface area (Å²) in [5.74, 6) is -8.49. The maximum atomic E-state index is 12.8. The number of ether oxygens (including phenoxy) is 2. The molecular formula is C18H24N12O8. The first kappa shape index (κ1) is 29.8. The van der Waals surface area contributed by atoms with Crippen molar-refractivity contribution in [2.45, 2.75) is 75.3 Å². The van der Waals surface area contributed by atoms with Crippen LogP contribution in [0, 0.1) is 17.8 Å². The molecule has 2 fully saturated rings. The minimum Gasteiger partial charge on any atom is -0.481 e. The molecule has 0 saturated heterocycles. The summed E-state index contributed by atoms with van der Waals surface area (Å²) in [5, 5.41) is 46.2. The molecule has 0 bridgehead atoms. The molecular weight excluding hydrogens is 512 g/mol. The first-order valence-electron chi connectivity index (χ1n) is 11.1. The van der Waals surface area contributed by atoms with Crippen molar-refractivity contribution >= 4 is 17.9 Å². The van der Waals surface area contributed by atoms with Crippen LogP contribution in [0.2, 0.25) is 0 Å². The smallest absolute Gasteiger partial charge is 0.307 e. The zero-order chi connectivity index (χ0) is 28.6. The van der Waals surface area contributed by atoms with Gasteiger partial charge in [0.1, 0.15) is 12.2 Å². The van der Waals surface area contributed by atoms with Crippen LogP contribution in [0.15, 0.2) is 20.5 Å². The summed E-state index contributed by atoms with van der Waals surface area (Å²) in [4.78, 5) is 47.3. The Morgan fingerprint density at radius 1 is 0.711 bits per heavy atom. The summed E-state index contributed by atoms with van der Waals surface area (Å²) in [6.45, 7) is 1.94. The van der Waals surface area contributed by atoms with E-state index in [4.69, 9.17) is 20.5 Å². The van der Waals surface area contributed by atoms with Gasteiger partial charge in [-0.2, -0.15) is 0 Å². The number of carboxylic acids is 1. The number of azide groups is 4. The van der Waals surface area contributed by atoms with Gasteiger partial charge in [0.25, 0.3) is 0 Å². The van der Waals surface area contributed by atoms with Gasteiger partial charge in [0, 0.05) is 57.4 Å². The lowest BCUT2D eigenvalue weighted by Gasteiger charge is -2.50. The van der Waals surface area contributed by atoms with E-state index in [0.29, 0.717) is 0 Å². The van der Waals surface area contributed by atoms with E-state index in [-0.39, 0.29) is 12.8 Å². The van der Waals surface area contributed by atoms with Gasteiger partial charge in [0.2, 0.25) is 0 Å². The quantitative estimate of drug-likeness (QED) is 0.169. The van der Waals surface area contributed by atoms with Crippen LogP contribution in [0.3, 0.4) is 0 Å². The molecule has 2 rings (SSSR count). The first-order valence-corrected chi connectivity index (χ1v) is 11.1. The highest BCUT2D eigenvalue weighted by Gasteiger charge is 2.58. The fourth-order valence-electron chi connectivity index (χ4n) is 5.32. The Kier molecular flexibility index (Phi) is 10.4. The minimum absolute atomic E-state index is 0.359. The predicted molar refractivity (Wildman–Crippen MR) is 122 cm³/mol. The standard InChI is InChI=1S/C18H24N12O8/c1-5(31)37-16-11(7(23-27-19)3-9(14(16)33)25-29-21)13(18(35)36)12-8(24-28-20)4-10(26-30-22)15(34)17(12)38-6(2)32/h7-17,33-34H,3-4H2,1-2H3,(H,35,36)/t7-,8-,9+,10+,11-,12-,14-,15-,16+,17+/m1/s1. The van der Waals surface area contributed by atoms with Gasteiger partial charge in [-0.15, -0.1) is 0 Å². The van der Waals surface area contributed by atoms with Crippen LogP contribution in [0.25, 0.3) is 41.8 Å². The molecule has 2 aliphatic rings. The Hall–Kier alpha value is -4.43. The second-order valence-electron chi connectivity index (χ2n) is 8.71. The molecule has 204 valence electrons. The number of aliphatic hydroxyl groups excluding tert-OH is 2. The largest absolute Gasteiger partial charge is 0.481 e. The van der Waals surface area contributed by atoms with Crippen LogP contribution >= 0.6 is 0 Å². The van der Waals surface area contributed by atoms with Crippen LogP contribution in [-0.4, -0.2) is 81.8 Å². The molecule has 0 aromatic carbocycles. The van der Waals surface area contributed by atoms with Crippen LogP contribution < -0.4 is 0 Å². The lowest BCUT2D eigenvalue weighted by atomic mass is 9.62. The van der Waals surface area contributed by atoms with Gasteiger partial charge in [0.05, 0.1) is 30.2 Å². The van der Waals surface area contributed by atoms with Crippen molar-refractivity contribution < 1.29 is 39.2 Å². The number of carbonyl (C=O) groups excluding carboxylic acids is 2. The molecule has 0 amide bonds. The third-order valence-electron chi connectivity index (χ3n) is 6.59. The molecule has 20 heteroatoms. The molecule has 0 heterocycles. The number of hydrogen-bond donors (Lipinski definition) is 3. The van der Waals surface area contributed by atoms with E-state index in [9.17, 15) is 40.8 Å². The van der Waals surface area contributed by atoms with Crippen molar-refractivity contribution in [3.05, 3.63) is 41.8 Å². The van der Waals surface area contributed by atoms with Crippen molar-refractivity contribution in [1.29, 1.82) is 0 Å².